The Kier molecular flexibility index (Phi) is 8.39. The van der Waals surface area contributed by atoms with Crippen LogP contribution in [0.4, 0.5) is 11.6 Å². The van der Waals surface area contributed by atoms with Crippen molar-refractivity contribution in [1.82, 2.24) is 24.8 Å². The molecule has 1 aliphatic heterocycles. The van der Waals surface area contributed by atoms with E-state index in [2.05, 4.69) is 30.2 Å². The molecule has 1 N–H and O–H groups in total. The van der Waals surface area contributed by atoms with Gasteiger partial charge in [0, 0.05) is 24.8 Å². The standard InChI is InChI=1S/C27H36N6O3S/c1-20-17-28-26(31-21-7-9-24(10-8-21)36-14-13-33-11-5-6-12-33)32-25(20)16-22-15-23(30-19-29-22)18-37(34,35)27(2,3)4/h7-10,15,17,19H,5-6,11-14,16,18H2,1-4H3,(H,28,31,32). The fourth-order valence-electron chi connectivity index (χ4n) is 3.98. The first-order valence-corrected chi connectivity index (χ1v) is 14.3. The summed E-state index contributed by atoms with van der Waals surface area (Å²) < 4.78 is 30.2. The van der Waals surface area contributed by atoms with E-state index in [1.807, 2.05) is 31.2 Å². The molecule has 1 fully saturated rings. The first-order chi connectivity index (χ1) is 17.6. The molecular formula is C27H36N6O3S. The molecule has 0 aliphatic carbocycles. The first kappa shape index (κ1) is 26.9. The molecule has 3 aromatic rings. The fraction of sp³-hybridized carbons (Fsp3) is 0.481. The zero-order valence-electron chi connectivity index (χ0n) is 22.1. The van der Waals surface area contributed by atoms with Crippen molar-refractivity contribution in [2.24, 2.45) is 0 Å². The maximum absolute atomic E-state index is 12.6. The van der Waals surface area contributed by atoms with E-state index in [0.29, 0.717) is 30.4 Å². The molecule has 198 valence electrons. The van der Waals surface area contributed by atoms with Crippen LogP contribution in [0.3, 0.4) is 0 Å². The number of rotatable bonds is 10. The lowest BCUT2D eigenvalue weighted by Crippen LogP contribution is -2.29. The second-order valence-electron chi connectivity index (χ2n) is 10.4. The van der Waals surface area contributed by atoms with Crippen LogP contribution < -0.4 is 10.1 Å². The molecule has 1 saturated heterocycles. The Hall–Kier alpha value is -3.11. The summed E-state index contributed by atoms with van der Waals surface area (Å²) in [6.45, 7) is 11.0. The second-order valence-corrected chi connectivity index (χ2v) is 13.2. The van der Waals surface area contributed by atoms with Crippen molar-refractivity contribution in [2.75, 3.05) is 31.6 Å². The molecule has 2 aromatic heterocycles. The minimum Gasteiger partial charge on any atom is -0.492 e. The van der Waals surface area contributed by atoms with Crippen molar-refractivity contribution >= 4 is 21.5 Å². The Morgan fingerprint density at radius 3 is 2.43 bits per heavy atom. The van der Waals surface area contributed by atoms with Crippen LogP contribution in [-0.4, -0.2) is 64.2 Å². The summed E-state index contributed by atoms with van der Waals surface area (Å²) in [4.78, 5) is 20.0. The van der Waals surface area contributed by atoms with Crippen LogP contribution >= 0.6 is 0 Å². The second kappa shape index (κ2) is 11.5. The highest BCUT2D eigenvalue weighted by molar-refractivity contribution is 7.91. The fourth-order valence-corrected chi connectivity index (χ4v) is 4.96. The van der Waals surface area contributed by atoms with Gasteiger partial charge in [0.25, 0.3) is 0 Å². The third-order valence-corrected chi connectivity index (χ3v) is 9.00. The summed E-state index contributed by atoms with van der Waals surface area (Å²) in [5.41, 5.74) is 3.78. The minimum absolute atomic E-state index is 0.125. The third kappa shape index (κ3) is 7.45. The summed E-state index contributed by atoms with van der Waals surface area (Å²) in [6.07, 6.45) is 6.19. The van der Waals surface area contributed by atoms with Gasteiger partial charge in [0.15, 0.2) is 9.84 Å². The largest absolute Gasteiger partial charge is 0.492 e. The van der Waals surface area contributed by atoms with Gasteiger partial charge >= 0.3 is 0 Å². The first-order valence-electron chi connectivity index (χ1n) is 12.7. The minimum atomic E-state index is -3.34. The Balaban J connectivity index is 1.38. The lowest BCUT2D eigenvalue weighted by atomic mass is 10.1. The number of nitrogens with zero attached hydrogens (tertiary/aromatic N) is 5. The van der Waals surface area contributed by atoms with Gasteiger partial charge in [-0.2, -0.15) is 0 Å². The molecular weight excluding hydrogens is 488 g/mol. The van der Waals surface area contributed by atoms with Crippen molar-refractivity contribution in [1.29, 1.82) is 0 Å². The Labute approximate surface area is 219 Å². The molecule has 0 bridgehead atoms. The zero-order chi connectivity index (χ0) is 26.5. The lowest BCUT2D eigenvalue weighted by Gasteiger charge is -2.18. The number of hydrogen-bond donors (Lipinski definition) is 1. The van der Waals surface area contributed by atoms with Gasteiger partial charge in [-0.25, -0.2) is 28.4 Å². The number of ether oxygens (including phenoxy) is 1. The smallest absolute Gasteiger partial charge is 0.227 e. The van der Waals surface area contributed by atoms with Crippen LogP contribution in [0.25, 0.3) is 0 Å². The molecule has 1 aliphatic rings. The van der Waals surface area contributed by atoms with Crippen LogP contribution in [0.15, 0.2) is 42.9 Å². The van der Waals surface area contributed by atoms with Crippen molar-refractivity contribution < 1.29 is 13.2 Å². The van der Waals surface area contributed by atoms with Gasteiger partial charge in [0.05, 0.1) is 27.6 Å². The number of sulfone groups is 1. The van der Waals surface area contributed by atoms with Crippen molar-refractivity contribution in [3.63, 3.8) is 0 Å². The number of aryl methyl sites for hydroxylation is 1. The van der Waals surface area contributed by atoms with Crippen LogP contribution in [0.2, 0.25) is 0 Å². The summed E-state index contributed by atoms with van der Waals surface area (Å²) in [5, 5.41) is 3.25. The van der Waals surface area contributed by atoms with Gasteiger partial charge in [-0.3, -0.25) is 4.90 Å². The van der Waals surface area contributed by atoms with E-state index in [1.165, 1.54) is 32.3 Å². The quantitative estimate of drug-likeness (QED) is 0.419. The number of nitrogens with one attached hydrogen (secondary N) is 1. The highest BCUT2D eigenvalue weighted by Gasteiger charge is 2.29. The molecule has 4 rings (SSSR count). The van der Waals surface area contributed by atoms with Crippen molar-refractivity contribution in [3.8, 4) is 5.75 Å². The van der Waals surface area contributed by atoms with Gasteiger partial charge in [-0.1, -0.05) is 0 Å². The van der Waals surface area contributed by atoms with Gasteiger partial charge in [-0.05, 0) is 89.5 Å². The number of aromatic nitrogens is 4. The monoisotopic (exact) mass is 524 g/mol. The predicted molar refractivity (Wildman–Crippen MR) is 145 cm³/mol. The lowest BCUT2D eigenvalue weighted by molar-refractivity contribution is 0.238. The van der Waals surface area contributed by atoms with E-state index in [9.17, 15) is 8.42 Å². The molecule has 0 amide bonds. The topological polar surface area (TPSA) is 110 Å². The molecule has 10 heteroatoms. The Bertz CT molecular complexity index is 1300. The van der Waals surface area contributed by atoms with Crippen molar-refractivity contribution in [3.05, 3.63) is 65.5 Å². The summed E-state index contributed by atoms with van der Waals surface area (Å²) in [5.74, 6) is 1.19. The SMILES string of the molecule is Cc1cnc(Nc2ccc(OCCN3CCCC3)cc2)nc1Cc1cc(CS(=O)(=O)C(C)(C)C)ncn1. The number of hydrogen-bond acceptors (Lipinski definition) is 9. The number of benzene rings is 1. The summed E-state index contributed by atoms with van der Waals surface area (Å²) in [6, 6.07) is 9.51. The highest BCUT2D eigenvalue weighted by Crippen LogP contribution is 2.22. The van der Waals surface area contributed by atoms with E-state index in [4.69, 9.17) is 4.74 Å². The van der Waals surface area contributed by atoms with Crippen LogP contribution in [0.5, 0.6) is 5.75 Å². The molecule has 0 atom stereocenters. The average Bonchev–Trinajstić information content (AvgIpc) is 3.35. The van der Waals surface area contributed by atoms with Gasteiger partial charge in [0.1, 0.15) is 18.7 Å². The molecule has 0 saturated carbocycles. The summed E-state index contributed by atoms with van der Waals surface area (Å²) >= 11 is 0. The van der Waals surface area contributed by atoms with E-state index in [0.717, 1.165) is 29.2 Å². The van der Waals surface area contributed by atoms with Crippen LogP contribution in [-0.2, 0) is 22.0 Å². The Morgan fingerprint density at radius 1 is 1.03 bits per heavy atom. The van der Waals surface area contributed by atoms with Gasteiger partial charge in [-0.15, -0.1) is 0 Å². The van der Waals surface area contributed by atoms with Gasteiger partial charge in [0.2, 0.25) is 5.95 Å². The number of anilines is 2. The van der Waals surface area contributed by atoms with E-state index >= 15 is 0 Å². The van der Waals surface area contributed by atoms with Gasteiger partial charge < -0.3 is 10.1 Å². The molecule has 0 spiro atoms. The molecule has 0 radical (unpaired) electrons. The normalized spacial score (nSPS) is 14.6. The molecule has 0 unspecified atom stereocenters. The van der Waals surface area contributed by atoms with E-state index < -0.39 is 14.6 Å². The molecule has 1 aromatic carbocycles. The maximum Gasteiger partial charge on any atom is 0.227 e. The molecule has 37 heavy (non-hydrogen) atoms. The highest BCUT2D eigenvalue weighted by atomic mass is 32.2. The maximum atomic E-state index is 12.6. The number of likely N-dealkylation sites (tertiary alicyclic amines) is 1. The average molecular weight is 525 g/mol. The molecule has 9 nitrogen and oxygen atoms in total. The summed E-state index contributed by atoms with van der Waals surface area (Å²) in [7, 11) is -3.34. The Morgan fingerprint density at radius 2 is 1.73 bits per heavy atom. The zero-order valence-corrected chi connectivity index (χ0v) is 22.9. The third-order valence-electron chi connectivity index (χ3n) is 6.46. The molecule has 3 heterocycles. The van der Waals surface area contributed by atoms with E-state index in [-0.39, 0.29) is 5.75 Å². The predicted octanol–water partition coefficient (Wildman–Crippen LogP) is 4.10. The van der Waals surface area contributed by atoms with E-state index in [1.54, 1.807) is 33.0 Å². The van der Waals surface area contributed by atoms with Crippen molar-refractivity contribution in [2.45, 2.75) is 57.5 Å². The van der Waals surface area contributed by atoms with Crippen LogP contribution in [0, 0.1) is 6.92 Å². The van der Waals surface area contributed by atoms with Crippen LogP contribution in [0.1, 0.15) is 56.3 Å².